The third kappa shape index (κ3) is 4.67. The monoisotopic (exact) mass is 373 g/mol. The van der Waals surface area contributed by atoms with Gasteiger partial charge in [-0.15, -0.1) is 24.0 Å². The molecule has 0 bridgehead atoms. The molecule has 2 atom stereocenters. The largest absolute Gasteiger partial charge is 0.370 e. The highest BCUT2D eigenvalue weighted by atomic mass is 127. The van der Waals surface area contributed by atoms with Crippen molar-refractivity contribution in [2.75, 3.05) is 6.54 Å². The number of aryl methyl sites for hydroxylation is 1. The lowest BCUT2D eigenvalue weighted by molar-refractivity contribution is 0.789. The maximum absolute atomic E-state index is 5.87. The highest BCUT2D eigenvalue weighted by Crippen LogP contribution is 2.41. The van der Waals surface area contributed by atoms with E-state index in [-0.39, 0.29) is 24.0 Å². The van der Waals surface area contributed by atoms with Crippen molar-refractivity contribution in [2.45, 2.75) is 45.1 Å². The van der Waals surface area contributed by atoms with Gasteiger partial charge in [-0.05, 0) is 30.9 Å². The van der Waals surface area contributed by atoms with Crippen molar-refractivity contribution in [3.8, 4) is 0 Å². The minimum Gasteiger partial charge on any atom is -0.370 e. The van der Waals surface area contributed by atoms with Gasteiger partial charge in [-0.1, -0.05) is 37.6 Å². The summed E-state index contributed by atoms with van der Waals surface area (Å²) in [5.74, 6) is 1.20. The number of guanidine groups is 1. The molecule has 3 nitrogen and oxygen atoms in total. The van der Waals surface area contributed by atoms with E-state index in [0.717, 1.165) is 25.8 Å². The van der Waals surface area contributed by atoms with Crippen LogP contribution in [0.2, 0.25) is 0 Å². The molecule has 2 rings (SSSR count). The lowest BCUT2D eigenvalue weighted by atomic mass is 10.0. The molecule has 1 aliphatic carbocycles. The smallest absolute Gasteiger partial charge is 0.188 e. The van der Waals surface area contributed by atoms with Gasteiger partial charge in [0.2, 0.25) is 0 Å². The van der Waals surface area contributed by atoms with Crippen LogP contribution in [0.5, 0.6) is 0 Å². The van der Waals surface area contributed by atoms with E-state index in [2.05, 4.69) is 48.4 Å². The lowest BCUT2D eigenvalue weighted by Gasteiger charge is -2.07. The van der Waals surface area contributed by atoms with Crippen LogP contribution in [0.1, 0.15) is 43.2 Å². The predicted octanol–water partition coefficient (Wildman–Crippen LogP) is 3.17. The molecule has 1 aromatic carbocycles. The van der Waals surface area contributed by atoms with Crippen LogP contribution < -0.4 is 11.1 Å². The quantitative estimate of drug-likeness (QED) is 0.361. The van der Waals surface area contributed by atoms with Gasteiger partial charge in [-0.2, -0.15) is 0 Å². The van der Waals surface area contributed by atoms with E-state index in [9.17, 15) is 0 Å². The highest BCUT2D eigenvalue weighted by Gasteiger charge is 2.39. The topological polar surface area (TPSA) is 50.4 Å². The van der Waals surface area contributed by atoms with E-state index in [1.54, 1.807) is 0 Å². The Morgan fingerprint density at radius 2 is 2.16 bits per heavy atom. The van der Waals surface area contributed by atoms with E-state index in [1.807, 2.05) is 0 Å². The first kappa shape index (κ1) is 16.3. The van der Waals surface area contributed by atoms with E-state index in [4.69, 9.17) is 5.73 Å². The standard InChI is InChI=1S/C15H23N3.HI/c1-3-4-9-17-15(16)18-14-10-13(14)12-8-6-5-7-11(12)2;/h5-8,13-14H,3-4,9-10H2,1-2H3,(H3,16,17,18);1H. The summed E-state index contributed by atoms with van der Waals surface area (Å²) in [4.78, 5) is 4.33. The zero-order valence-electron chi connectivity index (χ0n) is 11.7. The molecule has 106 valence electrons. The van der Waals surface area contributed by atoms with Crippen LogP contribution in [0.25, 0.3) is 0 Å². The molecule has 3 N–H and O–H groups in total. The molecule has 4 heteroatoms. The van der Waals surface area contributed by atoms with Gasteiger partial charge in [0.15, 0.2) is 5.96 Å². The number of hydrogen-bond donors (Lipinski definition) is 2. The van der Waals surface area contributed by atoms with Crippen LogP contribution >= 0.6 is 24.0 Å². The van der Waals surface area contributed by atoms with Gasteiger partial charge >= 0.3 is 0 Å². The van der Waals surface area contributed by atoms with Crippen molar-refractivity contribution >= 4 is 29.9 Å². The predicted molar refractivity (Wildman–Crippen MR) is 92.3 cm³/mol. The summed E-state index contributed by atoms with van der Waals surface area (Å²) in [5.41, 5.74) is 8.68. The Morgan fingerprint density at radius 1 is 1.42 bits per heavy atom. The van der Waals surface area contributed by atoms with Crippen LogP contribution in [0.4, 0.5) is 0 Å². The number of rotatable bonds is 5. The first-order valence-electron chi connectivity index (χ1n) is 6.84. The summed E-state index contributed by atoms with van der Waals surface area (Å²) in [5, 5.41) is 3.32. The summed E-state index contributed by atoms with van der Waals surface area (Å²) >= 11 is 0. The van der Waals surface area contributed by atoms with Crippen LogP contribution in [0.3, 0.4) is 0 Å². The Bertz CT molecular complexity index is 431. The van der Waals surface area contributed by atoms with Crippen molar-refractivity contribution in [2.24, 2.45) is 10.7 Å². The highest BCUT2D eigenvalue weighted by molar-refractivity contribution is 14.0. The van der Waals surface area contributed by atoms with Crippen molar-refractivity contribution < 1.29 is 0 Å². The number of unbranched alkanes of at least 4 members (excludes halogenated alkanes) is 1. The van der Waals surface area contributed by atoms with E-state index >= 15 is 0 Å². The molecular weight excluding hydrogens is 349 g/mol. The van der Waals surface area contributed by atoms with Gasteiger partial charge < -0.3 is 11.1 Å². The first-order valence-corrected chi connectivity index (χ1v) is 6.84. The summed E-state index contributed by atoms with van der Waals surface area (Å²) in [6, 6.07) is 9.05. The van der Waals surface area contributed by atoms with E-state index in [1.165, 1.54) is 11.1 Å². The molecule has 0 aliphatic heterocycles. The van der Waals surface area contributed by atoms with Crippen molar-refractivity contribution in [3.63, 3.8) is 0 Å². The Labute approximate surface area is 133 Å². The third-order valence-corrected chi connectivity index (χ3v) is 3.51. The molecule has 1 aromatic rings. The van der Waals surface area contributed by atoms with Crippen molar-refractivity contribution in [1.29, 1.82) is 0 Å². The van der Waals surface area contributed by atoms with Gasteiger partial charge in [0.05, 0.1) is 0 Å². The summed E-state index contributed by atoms with van der Waals surface area (Å²) in [6.07, 6.45) is 3.43. The number of nitrogens with one attached hydrogen (secondary N) is 1. The molecule has 0 heterocycles. The molecule has 0 spiro atoms. The van der Waals surface area contributed by atoms with Crippen LogP contribution in [0.15, 0.2) is 29.3 Å². The maximum Gasteiger partial charge on any atom is 0.188 e. The summed E-state index contributed by atoms with van der Waals surface area (Å²) < 4.78 is 0. The minimum absolute atomic E-state index is 0. The number of halogens is 1. The van der Waals surface area contributed by atoms with Crippen molar-refractivity contribution in [1.82, 2.24) is 5.32 Å². The zero-order valence-corrected chi connectivity index (χ0v) is 14.1. The number of aliphatic imine (C=N–C) groups is 1. The fourth-order valence-electron chi connectivity index (χ4n) is 2.29. The first-order chi connectivity index (χ1) is 8.72. The molecule has 0 radical (unpaired) electrons. The second-order valence-corrected chi connectivity index (χ2v) is 5.07. The second-order valence-electron chi connectivity index (χ2n) is 5.07. The van der Waals surface area contributed by atoms with Crippen LogP contribution in [-0.4, -0.2) is 18.5 Å². The molecule has 0 saturated heterocycles. The molecule has 1 aliphatic rings. The Morgan fingerprint density at radius 3 is 2.84 bits per heavy atom. The summed E-state index contributed by atoms with van der Waals surface area (Å²) in [6.45, 7) is 5.16. The Hall–Kier alpha value is -0.780. The fraction of sp³-hybridized carbons (Fsp3) is 0.533. The summed E-state index contributed by atoms with van der Waals surface area (Å²) in [7, 11) is 0. The van der Waals surface area contributed by atoms with Crippen LogP contribution in [-0.2, 0) is 0 Å². The average Bonchev–Trinajstić information content (AvgIpc) is 3.09. The van der Waals surface area contributed by atoms with E-state index in [0.29, 0.717) is 17.9 Å². The number of nitrogens with zero attached hydrogens (tertiary/aromatic N) is 1. The minimum atomic E-state index is 0. The third-order valence-electron chi connectivity index (χ3n) is 3.51. The molecule has 19 heavy (non-hydrogen) atoms. The van der Waals surface area contributed by atoms with Gasteiger partial charge in [0.25, 0.3) is 0 Å². The second kappa shape index (κ2) is 7.72. The average molecular weight is 373 g/mol. The Balaban J connectivity index is 0.00000180. The zero-order chi connectivity index (χ0) is 13.0. The normalized spacial score (nSPS) is 21.7. The maximum atomic E-state index is 5.87. The molecule has 1 saturated carbocycles. The number of nitrogens with two attached hydrogens (primary N) is 1. The number of benzene rings is 1. The SMILES string of the molecule is CCCCN=C(N)NC1CC1c1ccccc1C.I. The van der Waals surface area contributed by atoms with E-state index < -0.39 is 0 Å². The molecule has 2 unspecified atom stereocenters. The van der Waals surface area contributed by atoms with Gasteiger partial charge in [-0.3, -0.25) is 4.99 Å². The Kier molecular flexibility index (Phi) is 6.62. The molecule has 1 fully saturated rings. The molecular formula is C15H24IN3. The molecule has 0 amide bonds. The van der Waals surface area contributed by atoms with Gasteiger partial charge in [0, 0.05) is 18.5 Å². The van der Waals surface area contributed by atoms with Crippen molar-refractivity contribution in [3.05, 3.63) is 35.4 Å². The fourth-order valence-corrected chi connectivity index (χ4v) is 2.29. The molecule has 0 aromatic heterocycles. The number of hydrogen-bond acceptors (Lipinski definition) is 1. The van der Waals surface area contributed by atoms with Crippen LogP contribution in [0, 0.1) is 6.92 Å². The lowest BCUT2D eigenvalue weighted by Crippen LogP contribution is -2.34. The van der Waals surface area contributed by atoms with Gasteiger partial charge in [0.1, 0.15) is 0 Å². The van der Waals surface area contributed by atoms with Gasteiger partial charge in [-0.25, -0.2) is 0 Å².